The van der Waals surface area contributed by atoms with Crippen LogP contribution in [0.5, 0.6) is 0 Å². The van der Waals surface area contributed by atoms with E-state index in [0.29, 0.717) is 20.1 Å². The van der Waals surface area contributed by atoms with Crippen LogP contribution in [0.25, 0.3) is 6.08 Å². The predicted octanol–water partition coefficient (Wildman–Crippen LogP) is 3.05. The van der Waals surface area contributed by atoms with Crippen LogP contribution >= 0.6 is 34.5 Å². The van der Waals surface area contributed by atoms with E-state index in [4.69, 9.17) is 23.2 Å². The second kappa shape index (κ2) is 4.03. The van der Waals surface area contributed by atoms with Gasteiger partial charge in [0.2, 0.25) is 0 Å². The second-order valence-electron chi connectivity index (χ2n) is 2.13. The molecule has 2 nitrogen and oxygen atoms in total. The number of thiazole rings is 1. The highest BCUT2D eigenvalue weighted by Gasteiger charge is 2.04. The first-order valence-corrected chi connectivity index (χ1v) is 4.66. The highest BCUT2D eigenvalue weighted by Crippen LogP contribution is 2.28. The number of nitrogens with zero attached hydrogens (tertiary/aromatic N) is 1. The zero-order valence-electron chi connectivity index (χ0n) is 6.17. The molecule has 0 aliphatic rings. The number of hydrogen-bond acceptors (Lipinski definition) is 3. The highest BCUT2D eigenvalue weighted by atomic mass is 35.5. The lowest BCUT2D eigenvalue weighted by molar-refractivity contribution is -0.104. The van der Waals surface area contributed by atoms with Crippen LogP contribution in [-0.2, 0) is 4.79 Å². The van der Waals surface area contributed by atoms with Crippen LogP contribution in [0.2, 0.25) is 9.62 Å². The van der Waals surface area contributed by atoms with E-state index in [9.17, 15) is 4.79 Å². The van der Waals surface area contributed by atoms with Gasteiger partial charge in [0.25, 0.3) is 0 Å². The van der Waals surface area contributed by atoms with Gasteiger partial charge in [0.05, 0.1) is 4.88 Å². The molecule has 64 valence electrons. The minimum absolute atomic E-state index is 0.339. The summed E-state index contributed by atoms with van der Waals surface area (Å²) in [6, 6.07) is 0. The third-order valence-corrected chi connectivity index (χ3v) is 2.64. The van der Waals surface area contributed by atoms with Crippen molar-refractivity contribution >= 4 is 46.9 Å². The van der Waals surface area contributed by atoms with Crippen molar-refractivity contribution in [3.05, 3.63) is 20.1 Å². The summed E-state index contributed by atoms with van der Waals surface area (Å²) in [6.45, 7) is 1.69. The number of allylic oxidation sites excluding steroid dienone is 1. The van der Waals surface area contributed by atoms with Gasteiger partial charge >= 0.3 is 0 Å². The van der Waals surface area contributed by atoms with Crippen LogP contribution in [0.3, 0.4) is 0 Å². The summed E-state index contributed by atoms with van der Waals surface area (Å²) in [7, 11) is 0. The summed E-state index contributed by atoms with van der Waals surface area (Å²) in [5, 5.41) is 0.339. The molecule has 0 bridgehead atoms. The largest absolute Gasteiger partial charge is 0.298 e. The number of carbonyl (C=O) groups excluding carboxylic acids is 1. The molecule has 0 amide bonds. The van der Waals surface area contributed by atoms with Crippen LogP contribution in [0, 0.1) is 0 Å². The molecule has 12 heavy (non-hydrogen) atoms. The molecule has 5 heteroatoms. The summed E-state index contributed by atoms with van der Waals surface area (Å²) in [5.41, 5.74) is 0.595. The van der Waals surface area contributed by atoms with E-state index in [1.807, 2.05) is 0 Å². The topological polar surface area (TPSA) is 30.0 Å². The lowest BCUT2D eigenvalue weighted by atomic mass is 10.3. The number of aromatic nitrogens is 1. The summed E-state index contributed by atoms with van der Waals surface area (Å²) >= 11 is 12.5. The maximum Gasteiger partial charge on any atom is 0.185 e. The average Bonchev–Trinajstić information content (AvgIpc) is 2.30. The van der Waals surface area contributed by atoms with Gasteiger partial charge in [-0.2, -0.15) is 0 Å². The first-order valence-electron chi connectivity index (χ1n) is 3.09. The van der Waals surface area contributed by atoms with Gasteiger partial charge in [-0.1, -0.05) is 23.2 Å². The lowest BCUT2D eigenvalue weighted by Gasteiger charge is -1.86. The maximum absolute atomic E-state index is 10.3. The Bertz CT molecular complexity index is 332. The molecule has 0 unspecified atom stereocenters. The molecule has 1 rings (SSSR count). The summed E-state index contributed by atoms with van der Waals surface area (Å²) < 4.78 is 0.380. The zero-order valence-corrected chi connectivity index (χ0v) is 8.50. The van der Waals surface area contributed by atoms with Crippen molar-refractivity contribution in [1.29, 1.82) is 0 Å². The normalized spacial score (nSPS) is 11.8. The fourth-order valence-electron chi connectivity index (χ4n) is 0.618. The van der Waals surface area contributed by atoms with Gasteiger partial charge in [0.15, 0.2) is 4.47 Å². The fourth-order valence-corrected chi connectivity index (χ4v) is 1.99. The number of rotatable bonds is 2. The SMILES string of the molecule is C/C(C=O)=C\c1sc(Cl)nc1Cl. The standard InChI is InChI=1S/C7H5Cl2NOS/c1-4(3-11)2-5-6(8)10-7(9)12-5/h2-3H,1H3/b4-2+. The van der Waals surface area contributed by atoms with Crippen LogP contribution in [0.1, 0.15) is 11.8 Å². The summed E-state index contributed by atoms with van der Waals surface area (Å²) in [6.07, 6.45) is 2.41. The molecule has 1 aromatic heterocycles. The number of halogens is 2. The molecule has 1 aromatic rings. The van der Waals surface area contributed by atoms with Gasteiger partial charge < -0.3 is 0 Å². The van der Waals surface area contributed by atoms with Gasteiger partial charge in [0.1, 0.15) is 11.4 Å². The van der Waals surface area contributed by atoms with Crippen molar-refractivity contribution in [2.45, 2.75) is 6.92 Å². The molecular formula is C7H5Cl2NOS. The van der Waals surface area contributed by atoms with Crippen molar-refractivity contribution in [1.82, 2.24) is 4.98 Å². The number of carbonyl (C=O) groups is 1. The first-order chi connectivity index (χ1) is 5.63. The maximum atomic E-state index is 10.3. The molecule has 0 aromatic carbocycles. The lowest BCUT2D eigenvalue weighted by Crippen LogP contribution is -1.74. The van der Waals surface area contributed by atoms with E-state index in [-0.39, 0.29) is 0 Å². The summed E-state index contributed by atoms with van der Waals surface area (Å²) in [4.78, 5) is 14.8. The van der Waals surface area contributed by atoms with Gasteiger partial charge in [-0.15, -0.1) is 11.3 Å². The van der Waals surface area contributed by atoms with E-state index < -0.39 is 0 Å². The van der Waals surface area contributed by atoms with Crippen LogP contribution in [0.15, 0.2) is 5.57 Å². The monoisotopic (exact) mass is 221 g/mol. The Balaban J connectivity index is 3.03. The Morgan fingerprint density at radius 1 is 1.58 bits per heavy atom. The minimum atomic E-state index is 0.339. The average molecular weight is 222 g/mol. The second-order valence-corrected chi connectivity index (χ2v) is 4.10. The van der Waals surface area contributed by atoms with Crippen molar-refractivity contribution in [3.63, 3.8) is 0 Å². The molecule has 0 atom stereocenters. The fraction of sp³-hybridized carbons (Fsp3) is 0.143. The zero-order chi connectivity index (χ0) is 9.14. The molecule has 0 fully saturated rings. The van der Waals surface area contributed by atoms with Gasteiger partial charge in [0, 0.05) is 0 Å². The quantitative estimate of drug-likeness (QED) is 0.568. The molecule has 0 aliphatic heterocycles. The molecular weight excluding hydrogens is 217 g/mol. The Kier molecular flexibility index (Phi) is 3.26. The van der Waals surface area contributed by atoms with E-state index in [2.05, 4.69) is 4.98 Å². The van der Waals surface area contributed by atoms with Gasteiger partial charge in [-0.25, -0.2) is 4.98 Å². The minimum Gasteiger partial charge on any atom is -0.298 e. The predicted molar refractivity (Wildman–Crippen MR) is 51.8 cm³/mol. The Morgan fingerprint density at radius 3 is 2.67 bits per heavy atom. The molecule has 0 saturated carbocycles. The van der Waals surface area contributed by atoms with E-state index in [0.717, 1.165) is 6.29 Å². The Labute approximate surface area is 83.8 Å². The molecule has 1 heterocycles. The molecule has 0 N–H and O–H groups in total. The van der Waals surface area contributed by atoms with Crippen molar-refractivity contribution in [2.75, 3.05) is 0 Å². The van der Waals surface area contributed by atoms with E-state index in [1.54, 1.807) is 13.0 Å². The molecule has 0 spiro atoms. The van der Waals surface area contributed by atoms with Gasteiger partial charge in [-0.3, -0.25) is 4.79 Å². The van der Waals surface area contributed by atoms with E-state index >= 15 is 0 Å². The van der Waals surface area contributed by atoms with Crippen LogP contribution in [0.4, 0.5) is 0 Å². The van der Waals surface area contributed by atoms with Gasteiger partial charge in [-0.05, 0) is 18.6 Å². The highest BCUT2D eigenvalue weighted by molar-refractivity contribution is 7.17. The van der Waals surface area contributed by atoms with Crippen molar-refractivity contribution in [3.8, 4) is 0 Å². The smallest absolute Gasteiger partial charge is 0.185 e. The molecule has 0 saturated heterocycles. The third-order valence-electron chi connectivity index (χ3n) is 1.13. The first kappa shape index (κ1) is 9.71. The van der Waals surface area contributed by atoms with Crippen LogP contribution < -0.4 is 0 Å². The number of aldehydes is 1. The molecule has 0 radical (unpaired) electrons. The third kappa shape index (κ3) is 2.30. The Hall–Kier alpha value is -0.380. The molecule has 0 aliphatic carbocycles. The van der Waals surface area contributed by atoms with Crippen molar-refractivity contribution < 1.29 is 4.79 Å². The summed E-state index contributed by atoms with van der Waals surface area (Å²) in [5.74, 6) is 0. The van der Waals surface area contributed by atoms with Crippen molar-refractivity contribution in [2.24, 2.45) is 0 Å². The van der Waals surface area contributed by atoms with E-state index in [1.165, 1.54) is 11.3 Å². The Morgan fingerprint density at radius 2 is 2.25 bits per heavy atom. The number of hydrogen-bond donors (Lipinski definition) is 0. The van der Waals surface area contributed by atoms with Crippen LogP contribution in [-0.4, -0.2) is 11.3 Å².